The van der Waals surface area contributed by atoms with E-state index in [1.165, 1.54) is 46.2 Å². The molecular weight excluding hydrogens is 657 g/mol. The standard InChI is InChI=1S/C30H26ClF3N2O5S3/c31-24-14-18(2-4-23(24)30(32,33)34)21-13-22(43-17-21)15-26-27(37)36(29(42)44-26)6-1-9-41-25-5-3-19(28(38)39)12-20(25)16-35-7-10-40-11-8-35/h2-5,12-15,17H,1,6-11,16H2,(H,38,39). The number of carboxylic acid groups (broad SMARTS) is 1. The molecule has 0 unspecified atom stereocenters. The first-order valence-electron chi connectivity index (χ1n) is 13.5. The van der Waals surface area contributed by atoms with Crippen LogP contribution in [0.2, 0.25) is 5.02 Å². The Morgan fingerprint density at radius 1 is 1.14 bits per heavy atom. The predicted molar refractivity (Wildman–Crippen MR) is 169 cm³/mol. The van der Waals surface area contributed by atoms with Crippen LogP contribution in [0.5, 0.6) is 5.75 Å². The Labute approximate surface area is 270 Å². The van der Waals surface area contributed by atoms with Crippen LogP contribution in [0.25, 0.3) is 17.2 Å². The molecule has 2 fully saturated rings. The zero-order chi connectivity index (χ0) is 31.4. The molecule has 14 heteroatoms. The summed E-state index contributed by atoms with van der Waals surface area (Å²) in [5, 5.41) is 10.8. The number of thiophene rings is 1. The SMILES string of the molecule is O=C(O)c1ccc(OCCCN2C(=O)C(=Cc3cc(-c4ccc(C(F)(F)F)c(Cl)c4)cs3)SC2=S)c(CN2CCOCC2)c1. The Hall–Kier alpha value is -2.94. The number of thiocarbonyl (C=S) groups is 1. The molecule has 3 heterocycles. The number of carbonyl (C=O) groups excluding carboxylic acids is 1. The van der Waals surface area contributed by atoms with Crippen LogP contribution in [0.3, 0.4) is 0 Å². The van der Waals surface area contributed by atoms with E-state index in [2.05, 4.69) is 4.90 Å². The summed E-state index contributed by atoms with van der Waals surface area (Å²) in [6, 6.07) is 10.2. The molecule has 2 aromatic carbocycles. The normalized spacial score (nSPS) is 17.1. The molecule has 5 rings (SSSR count). The summed E-state index contributed by atoms with van der Waals surface area (Å²) in [5.74, 6) is -0.647. The van der Waals surface area contributed by atoms with Crippen LogP contribution >= 0.6 is 46.9 Å². The van der Waals surface area contributed by atoms with Crippen molar-refractivity contribution >= 4 is 69.2 Å². The second-order valence-corrected chi connectivity index (χ2v) is 13.0. The minimum Gasteiger partial charge on any atom is -0.493 e. The second-order valence-electron chi connectivity index (χ2n) is 9.98. The largest absolute Gasteiger partial charge is 0.493 e. The van der Waals surface area contributed by atoms with Crippen molar-refractivity contribution in [3.63, 3.8) is 0 Å². The molecule has 7 nitrogen and oxygen atoms in total. The minimum atomic E-state index is -4.53. The molecule has 0 radical (unpaired) electrons. The number of alkyl halides is 3. The highest BCUT2D eigenvalue weighted by Crippen LogP contribution is 2.39. The fourth-order valence-electron chi connectivity index (χ4n) is 4.71. The van der Waals surface area contributed by atoms with Crippen molar-refractivity contribution in [2.45, 2.75) is 19.1 Å². The number of aromatic carboxylic acids is 1. The number of nitrogens with zero attached hydrogens (tertiary/aromatic N) is 2. The first-order chi connectivity index (χ1) is 21.0. The number of thioether (sulfide) groups is 1. The predicted octanol–water partition coefficient (Wildman–Crippen LogP) is 7.29. The van der Waals surface area contributed by atoms with Gasteiger partial charge in [-0.25, -0.2) is 4.79 Å². The molecule has 0 atom stereocenters. The van der Waals surface area contributed by atoms with E-state index in [0.29, 0.717) is 65.4 Å². The number of hydrogen-bond donors (Lipinski definition) is 1. The molecular formula is C30H26ClF3N2O5S3. The highest BCUT2D eigenvalue weighted by molar-refractivity contribution is 8.26. The summed E-state index contributed by atoms with van der Waals surface area (Å²) < 4.78 is 51.0. The summed E-state index contributed by atoms with van der Waals surface area (Å²) in [4.78, 5) is 29.5. The number of halogens is 4. The molecule has 1 amide bonds. The van der Waals surface area contributed by atoms with Crippen LogP contribution in [-0.2, 0) is 22.3 Å². The van der Waals surface area contributed by atoms with Crippen molar-refractivity contribution in [1.29, 1.82) is 0 Å². The molecule has 1 N–H and O–H groups in total. The molecule has 2 aliphatic rings. The lowest BCUT2D eigenvalue weighted by molar-refractivity contribution is -0.137. The van der Waals surface area contributed by atoms with E-state index in [9.17, 15) is 27.9 Å². The van der Waals surface area contributed by atoms with Gasteiger partial charge in [0.2, 0.25) is 0 Å². The van der Waals surface area contributed by atoms with Crippen molar-refractivity contribution in [3.05, 3.63) is 79.3 Å². The van der Waals surface area contributed by atoms with Crippen LogP contribution < -0.4 is 4.74 Å². The van der Waals surface area contributed by atoms with Crippen molar-refractivity contribution in [2.75, 3.05) is 39.5 Å². The van der Waals surface area contributed by atoms with E-state index in [0.717, 1.165) is 29.6 Å². The highest BCUT2D eigenvalue weighted by Gasteiger charge is 2.33. The van der Waals surface area contributed by atoms with Gasteiger partial charge in [0.25, 0.3) is 5.91 Å². The molecule has 0 aliphatic carbocycles. The lowest BCUT2D eigenvalue weighted by Crippen LogP contribution is -2.35. The maximum absolute atomic E-state index is 13.1. The van der Waals surface area contributed by atoms with Crippen molar-refractivity contribution < 1.29 is 37.3 Å². The third kappa shape index (κ3) is 7.82. The summed E-state index contributed by atoms with van der Waals surface area (Å²) in [7, 11) is 0. The summed E-state index contributed by atoms with van der Waals surface area (Å²) in [6.07, 6.45) is -2.32. The number of ether oxygens (including phenoxy) is 2. The van der Waals surface area contributed by atoms with Crippen molar-refractivity contribution in [2.24, 2.45) is 0 Å². The van der Waals surface area contributed by atoms with Crippen LogP contribution in [0.15, 0.2) is 52.7 Å². The number of benzene rings is 2. The Morgan fingerprint density at radius 2 is 1.91 bits per heavy atom. The van der Waals surface area contributed by atoms with Gasteiger partial charge in [-0.2, -0.15) is 13.2 Å². The molecule has 3 aromatic rings. The Morgan fingerprint density at radius 3 is 2.61 bits per heavy atom. The van der Waals surface area contributed by atoms with Gasteiger partial charge in [-0.05, 0) is 65.4 Å². The molecule has 44 heavy (non-hydrogen) atoms. The zero-order valence-corrected chi connectivity index (χ0v) is 26.3. The highest BCUT2D eigenvalue weighted by atomic mass is 35.5. The first kappa shape index (κ1) is 32.5. The monoisotopic (exact) mass is 682 g/mol. The number of carbonyl (C=O) groups is 2. The maximum atomic E-state index is 13.1. The third-order valence-corrected chi connectivity index (χ3v) is 9.53. The van der Waals surface area contributed by atoms with Crippen LogP contribution in [-0.4, -0.2) is 70.6 Å². The molecule has 1 aromatic heterocycles. The summed E-state index contributed by atoms with van der Waals surface area (Å²) >= 11 is 13.9. The van der Waals surface area contributed by atoms with Crippen molar-refractivity contribution in [1.82, 2.24) is 9.80 Å². The molecule has 0 spiro atoms. The quantitative estimate of drug-likeness (QED) is 0.136. The van der Waals surface area contributed by atoms with E-state index in [1.807, 2.05) is 0 Å². The second kappa shape index (κ2) is 14.0. The van der Waals surface area contributed by atoms with Gasteiger partial charge in [-0.3, -0.25) is 14.6 Å². The van der Waals surface area contributed by atoms with E-state index in [1.54, 1.807) is 29.7 Å². The lowest BCUT2D eigenvalue weighted by Gasteiger charge is -2.27. The van der Waals surface area contributed by atoms with Crippen LogP contribution in [0.1, 0.15) is 32.8 Å². The fourth-order valence-corrected chi connectivity index (χ4v) is 7.22. The number of amides is 1. The van der Waals surface area contributed by atoms with Crippen molar-refractivity contribution in [3.8, 4) is 16.9 Å². The van der Waals surface area contributed by atoms with Gasteiger partial charge < -0.3 is 14.6 Å². The van der Waals surface area contributed by atoms with Gasteiger partial charge in [0.05, 0.1) is 40.9 Å². The van der Waals surface area contributed by atoms with Crippen LogP contribution in [0.4, 0.5) is 13.2 Å². The average Bonchev–Trinajstić information content (AvgIpc) is 3.55. The average molecular weight is 683 g/mol. The van der Waals surface area contributed by atoms with Gasteiger partial charge in [0.1, 0.15) is 10.1 Å². The number of carboxylic acids is 1. The lowest BCUT2D eigenvalue weighted by atomic mass is 10.1. The molecule has 0 saturated carbocycles. The first-order valence-corrected chi connectivity index (χ1v) is 16.0. The Kier molecular flexibility index (Phi) is 10.3. The Balaban J connectivity index is 1.19. The minimum absolute atomic E-state index is 0.186. The third-order valence-electron chi connectivity index (χ3n) is 6.96. The fraction of sp³-hybridized carbons (Fsp3) is 0.300. The van der Waals surface area contributed by atoms with E-state index >= 15 is 0 Å². The van der Waals surface area contributed by atoms with Gasteiger partial charge >= 0.3 is 12.1 Å². The molecule has 232 valence electrons. The zero-order valence-electron chi connectivity index (χ0n) is 23.1. The van der Waals surface area contributed by atoms with Gasteiger partial charge in [-0.15, -0.1) is 11.3 Å². The molecule has 2 saturated heterocycles. The number of rotatable bonds is 10. The van der Waals surface area contributed by atoms with E-state index < -0.39 is 17.7 Å². The van der Waals surface area contributed by atoms with Gasteiger partial charge in [0.15, 0.2) is 0 Å². The van der Waals surface area contributed by atoms with Gasteiger partial charge in [0, 0.05) is 36.6 Å². The molecule has 2 aliphatic heterocycles. The number of morpholine rings is 1. The smallest absolute Gasteiger partial charge is 0.417 e. The van der Waals surface area contributed by atoms with Gasteiger partial charge in [-0.1, -0.05) is 41.6 Å². The Bertz CT molecular complexity index is 1600. The maximum Gasteiger partial charge on any atom is 0.417 e. The van der Waals surface area contributed by atoms with Crippen LogP contribution in [0, 0.1) is 0 Å². The summed E-state index contributed by atoms with van der Waals surface area (Å²) in [6.45, 7) is 3.90. The topological polar surface area (TPSA) is 79.3 Å². The number of hydrogen-bond acceptors (Lipinski definition) is 8. The molecule has 0 bridgehead atoms. The summed E-state index contributed by atoms with van der Waals surface area (Å²) in [5.41, 5.74) is 1.29. The van der Waals surface area contributed by atoms with E-state index in [4.69, 9.17) is 33.3 Å². The van der Waals surface area contributed by atoms with E-state index in [-0.39, 0.29) is 16.5 Å².